The Balaban J connectivity index is 1.88. The maximum absolute atomic E-state index is 5.78. The standard InChI is InChI=1S/C14H17IN2O/c1-9-7-17(8-10(2)18-9)11-5-12-13(15)3-4-14(12)16-6-11/h3,5-6,9-10H,4,7-8H2,1-2H3/t9-,10+. The van der Waals surface area contributed by atoms with Crippen LogP contribution >= 0.6 is 22.6 Å². The van der Waals surface area contributed by atoms with Crippen molar-refractivity contribution in [3.63, 3.8) is 0 Å². The lowest BCUT2D eigenvalue weighted by Crippen LogP contribution is -2.45. The number of nitrogens with zero attached hydrogens (tertiary/aromatic N) is 2. The molecule has 4 heteroatoms. The van der Waals surface area contributed by atoms with Crippen molar-refractivity contribution < 1.29 is 4.74 Å². The summed E-state index contributed by atoms with van der Waals surface area (Å²) < 4.78 is 7.10. The Morgan fingerprint density at radius 1 is 1.33 bits per heavy atom. The summed E-state index contributed by atoms with van der Waals surface area (Å²) in [5, 5.41) is 0. The van der Waals surface area contributed by atoms with E-state index in [1.165, 1.54) is 20.5 Å². The van der Waals surface area contributed by atoms with E-state index in [4.69, 9.17) is 4.74 Å². The molecule has 2 atom stereocenters. The fraction of sp³-hybridized carbons (Fsp3) is 0.500. The first-order valence-electron chi connectivity index (χ1n) is 6.39. The first kappa shape index (κ1) is 12.4. The summed E-state index contributed by atoms with van der Waals surface area (Å²) in [6.45, 7) is 6.16. The molecule has 0 bridgehead atoms. The van der Waals surface area contributed by atoms with Crippen LogP contribution in [0.5, 0.6) is 0 Å². The van der Waals surface area contributed by atoms with Gasteiger partial charge in [0.15, 0.2) is 0 Å². The van der Waals surface area contributed by atoms with Gasteiger partial charge in [-0.15, -0.1) is 0 Å². The van der Waals surface area contributed by atoms with Gasteiger partial charge >= 0.3 is 0 Å². The van der Waals surface area contributed by atoms with Crippen LogP contribution in [0.15, 0.2) is 18.3 Å². The van der Waals surface area contributed by atoms with Crippen molar-refractivity contribution in [2.24, 2.45) is 0 Å². The number of hydrogen-bond acceptors (Lipinski definition) is 3. The van der Waals surface area contributed by atoms with Crippen LogP contribution in [0.3, 0.4) is 0 Å². The van der Waals surface area contributed by atoms with E-state index in [0.717, 1.165) is 19.5 Å². The minimum atomic E-state index is 0.289. The van der Waals surface area contributed by atoms with Crippen LogP contribution in [0.1, 0.15) is 25.1 Å². The maximum Gasteiger partial charge on any atom is 0.0726 e. The van der Waals surface area contributed by atoms with Gasteiger partial charge in [-0.1, -0.05) is 6.08 Å². The SMILES string of the molecule is C[C@@H]1CN(c2cnc3c(c2)C(I)=CC3)C[C@H](C)O1. The van der Waals surface area contributed by atoms with Crippen molar-refractivity contribution in [2.45, 2.75) is 32.5 Å². The second-order valence-corrected chi connectivity index (χ2v) is 6.27. The maximum atomic E-state index is 5.78. The molecule has 0 N–H and O–H groups in total. The number of hydrogen-bond donors (Lipinski definition) is 0. The molecular weight excluding hydrogens is 339 g/mol. The molecule has 2 heterocycles. The zero-order chi connectivity index (χ0) is 12.7. The highest BCUT2D eigenvalue weighted by Crippen LogP contribution is 2.33. The Bertz CT molecular complexity index is 491. The summed E-state index contributed by atoms with van der Waals surface area (Å²) in [6, 6.07) is 2.28. The topological polar surface area (TPSA) is 25.4 Å². The predicted octanol–water partition coefficient (Wildman–Crippen LogP) is 3.03. The van der Waals surface area contributed by atoms with Crippen molar-refractivity contribution in [1.29, 1.82) is 0 Å². The highest BCUT2D eigenvalue weighted by Gasteiger charge is 2.24. The van der Waals surface area contributed by atoms with E-state index in [9.17, 15) is 0 Å². The monoisotopic (exact) mass is 356 g/mol. The van der Waals surface area contributed by atoms with Crippen molar-refractivity contribution in [1.82, 2.24) is 4.98 Å². The molecule has 1 aliphatic carbocycles. The molecule has 0 radical (unpaired) electrons. The van der Waals surface area contributed by atoms with Gasteiger partial charge in [-0.2, -0.15) is 0 Å². The minimum Gasteiger partial charge on any atom is -0.372 e. The Morgan fingerprint density at radius 2 is 2.06 bits per heavy atom. The molecule has 1 saturated heterocycles. The average Bonchev–Trinajstić information content (AvgIpc) is 2.69. The van der Waals surface area contributed by atoms with E-state index in [0.29, 0.717) is 0 Å². The molecule has 96 valence electrons. The molecule has 0 saturated carbocycles. The van der Waals surface area contributed by atoms with Gasteiger partial charge in [0.05, 0.1) is 29.8 Å². The molecule has 18 heavy (non-hydrogen) atoms. The van der Waals surface area contributed by atoms with E-state index < -0.39 is 0 Å². The van der Waals surface area contributed by atoms with Gasteiger partial charge in [-0.05, 0) is 42.5 Å². The molecule has 1 aromatic rings. The number of fused-ring (bicyclic) bond motifs is 1. The highest BCUT2D eigenvalue weighted by molar-refractivity contribution is 14.1. The van der Waals surface area contributed by atoms with Gasteiger partial charge in [0.1, 0.15) is 0 Å². The van der Waals surface area contributed by atoms with Crippen molar-refractivity contribution in [3.05, 3.63) is 29.6 Å². The molecular formula is C14H17IN2O. The smallest absolute Gasteiger partial charge is 0.0726 e. The van der Waals surface area contributed by atoms with Gasteiger partial charge in [0.2, 0.25) is 0 Å². The number of allylic oxidation sites excluding steroid dienone is 1. The molecule has 0 spiro atoms. The quantitative estimate of drug-likeness (QED) is 0.724. The molecule has 3 rings (SSSR count). The van der Waals surface area contributed by atoms with E-state index in [2.05, 4.69) is 58.5 Å². The first-order chi connectivity index (χ1) is 8.63. The Kier molecular flexibility index (Phi) is 3.32. The van der Waals surface area contributed by atoms with E-state index in [-0.39, 0.29) is 12.2 Å². The molecule has 1 fully saturated rings. The third-order valence-electron chi connectivity index (χ3n) is 3.47. The number of rotatable bonds is 1. The van der Waals surface area contributed by atoms with Gasteiger partial charge in [-0.3, -0.25) is 4.98 Å². The second-order valence-electron chi connectivity index (χ2n) is 5.11. The minimum absolute atomic E-state index is 0.289. The fourth-order valence-electron chi connectivity index (χ4n) is 2.71. The van der Waals surface area contributed by atoms with E-state index in [1.54, 1.807) is 0 Å². The third-order valence-corrected chi connectivity index (χ3v) is 4.49. The van der Waals surface area contributed by atoms with Crippen LogP contribution in [0.2, 0.25) is 0 Å². The number of pyridine rings is 1. The average molecular weight is 356 g/mol. The molecule has 1 aliphatic heterocycles. The Morgan fingerprint density at radius 3 is 2.78 bits per heavy atom. The van der Waals surface area contributed by atoms with Crippen LogP contribution in [0.25, 0.3) is 3.58 Å². The normalized spacial score (nSPS) is 27.1. The molecule has 0 amide bonds. The lowest BCUT2D eigenvalue weighted by molar-refractivity contribution is -0.00523. The van der Waals surface area contributed by atoms with E-state index in [1.807, 2.05) is 6.20 Å². The predicted molar refractivity (Wildman–Crippen MR) is 82.2 cm³/mol. The number of morpholine rings is 1. The van der Waals surface area contributed by atoms with Crippen LogP contribution in [-0.2, 0) is 11.2 Å². The van der Waals surface area contributed by atoms with Gasteiger partial charge in [0.25, 0.3) is 0 Å². The number of halogens is 1. The van der Waals surface area contributed by atoms with Crippen LogP contribution in [-0.4, -0.2) is 30.3 Å². The molecule has 1 aromatic heterocycles. The van der Waals surface area contributed by atoms with Gasteiger partial charge in [0, 0.05) is 28.7 Å². The molecule has 3 nitrogen and oxygen atoms in total. The first-order valence-corrected chi connectivity index (χ1v) is 7.46. The summed E-state index contributed by atoms with van der Waals surface area (Å²) in [4.78, 5) is 6.98. The van der Waals surface area contributed by atoms with Crippen LogP contribution < -0.4 is 4.90 Å². The van der Waals surface area contributed by atoms with E-state index >= 15 is 0 Å². The second kappa shape index (κ2) is 4.81. The number of anilines is 1. The third kappa shape index (κ3) is 2.28. The summed E-state index contributed by atoms with van der Waals surface area (Å²) >= 11 is 2.40. The van der Waals surface area contributed by atoms with Gasteiger partial charge < -0.3 is 9.64 Å². The van der Waals surface area contributed by atoms with Crippen molar-refractivity contribution in [3.8, 4) is 0 Å². The number of aromatic nitrogens is 1. The van der Waals surface area contributed by atoms with Gasteiger partial charge in [-0.25, -0.2) is 0 Å². The summed E-state index contributed by atoms with van der Waals surface area (Å²) in [5.74, 6) is 0. The highest BCUT2D eigenvalue weighted by atomic mass is 127. The molecule has 0 unspecified atom stereocenters. The number of ether oxygens (including phenoxy) is 1. The molecule has 0 aromatic carbocycles. The Labute approximate surface area is 121 Å². The summed E-state index contributed by atoms with van der Waals surface area (Å²) in [7, 11) is 0. The summed E-state index contributed by atoms with van der Waals surface area (Å²) in [5.41, 5.74) is 3.73. The van der Waals surface area contributed by atoms with Crippen molar-refractivity contribution in [2.75, 3.05) is 18.0 Å². The summed E-state index contributed by atoms with van der Waals surface area (Å²) in [6.07, 6.45) is 5.80. The lowest BCUT2D eigenvalue weighted by Gasteiger charge is -2.36. The largest absolute Gasteiger partial charge is 0.372 e. The lowest BCUT2D eigenvalue weighted by atomic mass is 10.1. The van der Waals surface area contributed by atoms with Crippen LogP contribution in [0, 0.1) is 0 Å². The van der Waals surface area contributed by atoms with Crippen LogP contribution in [0.4, 0.5) is 5.69 Å². The van der Waals surface area contributed by atoms with Crippen molar-refractivity contribution >= 4 is 31.9 Å². The fourth-order valence-corrected chi connectivity index (χ4v) is 3.40. The zero-order valence-corrected chi connectivity index (χ0v) is 12.8. The zero-order valence-electron chi connectivity index (χ0n) is 10.7. The Hall–Kier alpha value is -0.620. The molecule has 2 aliphatic rings.